The van der Waals surface area contributed by atoms with Crippen molar-refractivity contribution in [2.75, 3.05) is 49.0 Å². The monoisotopic (exact) mass is 472 g/mol. The van der Waals surface area contributed by atoms with Gasteiger partial charge in [0, 0.05) is 51.3 Å². The number of amides is 2. The number of aryl methyl sites for hydroxylation is 1. The Morgan fingerprint density at radius 3 is 2.65 bits per heavy atom. The number of urea groups is 1. The third kappa shape index (κ3) is 7.04. The van der Waals surface area contributed by atoms with Crippen molar-refractivity contribution in [1.82, 2.24) is 5.16 Å². The fourth-order valence-corrected chi connectivity index (χ4v) is 4.31. The number of nitrogens with zero attached hydrogens (tertiary/aromatic N) is 2. The number of hydrogen-bond acceptors (Lipinski definition) is 7. The molecule has 9 heteroatoms. The van der Waals surface area contributed by atoms with E-state index in [0.717, 1.165) is 50.1 Å². The number of aldehydes is 1. The number of anilines is 3. The Balaban J connectivity index is 1.96. The summed E-state index contributed by atoms with van der Waals surface area (Å²) in [6.45, 7) is 8.84. The second-order valence-electron chi connectivity index (χ2n) is 9.12. The highest BCUT2D eigenvalue weighted by Gasteiger charge is 2.26. The van der Waals surface area contributed by atoms with Gasteiger partial charge in [0.15, 0.2) is 5.82 Å². The van der Waals surface area contributed by atoms with Crippen LogP contribution in [0.15, 0.2) is 28.8 Å². The number of rotatable bonds is 11. The summed E-state index contributed by atoms with van der Waals surface area (Å²) in [6.07, 6.45) is 3.09. The van der Waals surface area contributed by atoms with Crippen LogP contribution in [0.3, 0.4) is 0 Å². The largest absolute Gasteiger partial charge is 0.384 e. The van der Waals surface area contributed by atoms with Crippen LogP contribution in [0.25, 0.3) is 0 Å². The molecule has 1 fully saturated rings. The Kier molecular flexibility index (Phi) is 9.47. The molecule has 1 atom stereocenters. The van der Waals surface area contributed by atoms with E-state index in [1.807, 2.05) is 18.2 Å². The average molecular weight is 473 g/mol. The van der Waals surface area contributed by atoms with Crippen molar-refractivity contribution in [3.63, 3.8) is 0 Å². The molecular formula is C25H36N4O5. The lowest BCUT2D eigenvalue weighted by Crippen LogP contribution is -2.42. The number of methoxy groups -OCH3 is 1. The van der Waals surface area contributed by atoms with E-state index in [4.69, 9.17) is 14.0 Å². The van der Waals surface area contributed by atoms with E-state index < -0.39 is 6.03 Å². The molecule has 0 radical (unpaired) electrons. The first kappa shape index (κ1) is 25.7. The predicted molar refractivity (Wildman–Crippen MR) is 132 cm³/mol. The molecule has 3 rings (SSSR count). The molecular weight excluding hydrogens is 436 g/mol. The molecule has 1 aliphatic heterocycles. The van der Waals surface area contributed by atoms with Crippen LogP contribution in [0, 0.1) is 12.8 Å². The lowest BCUT2D eigenvalue weighted by molar-refractivity contribution is -0.108. The summed E-state index contributed by atoms with van der Waals surface area (Å²) >= 11 is 0. The van der Waals surface area contributed by atoms with Crippen LogP contribution in [0.2, 0.25) is 0 Å². The SMILES string of the molecule is COCC(CC=O)c1ccc(N(CC(C)C)C2CCOCC2)c(NC(=O)Nc2cc(C)on2)c1. The molecule has 1 saturated heterocycles. The average Bonchev–Trinajstić information content (AvgIpc) is 3.22. The van der Waals surface area contributed by atoms with E-state index in [1.165, 1.54) is 0 Å². The number of carbonyl (C=O) groups excluding carboxylic acids is 2. The normalized spacial score (nSPS) is 15.2. The standard InChI is InChI=1S/C25H36N4O5/c1-17(2)15-29(21-8-11-33-12-9-21)23-6-5-19(20(7-10-30)16-32-4)14-22(23)26-25(31)27-24-13-18(3)34-28-24/h5-6,10,13-14,17,20-21H,7-9,11-12,15-16H2,1-4H3,(H2,26,27,28,31). The van der Waals surface area contributed by atoms with Crippen molar-refractivity contribution in [3.8, 4) is 0 Å². The molecule has 2 heterocycles. The van der Waals surface area contributed by atoms with E-state index in [9.17, 15) is 9.59 Å². The van der Waals surface area contributed by atoms with Gasteiger partial charge in [0.05, 0.1) is 18.0 Å². The summed E-state index contributed by atoms with van der Waals surface area (Å²) in [6, 6.07) is 7.57. The van der Waals surface area contributed by atoms with Crippen LogP contribution in [0.5, 0.6) is 0 Å². The Morgan fingerprint density at radius 1 is 1.26 bits per heavy atom. The van der Waals surface area contributed by atoms with Crippen LogP contribution < -0.4 is 15.5 Å². The number of hydrogen-bond donors (Lipinski definition) is 2. The molecule has 186 valence electrons. The fourth-order valence-electron chi connectivity index (χ4n) is 4.31. The summed E-state index contributed by atoms with van der Waals surface area (Å²) in [7, 11) is 1.62. The summed E-state index contributed by atoms with van der Waals surface area (Å²) in [5.41, 5.74) is 2.55. The van der Waals surface area contributed by atoms with Gasteiger partial charge in [0.25, 0.3) is 0 Å². The fraction of sp³-hybridized carbons (Fsp3) is 0.560. The minimum atomic E-state index is -0.415. The Hall–Kier alpha value is -2.91. The van der Waals surface area contributed by atoms with Gasteiger partial charge in [-0.2, -0.15) is 0 Å². The van der Waals surface area contributed by atoms with Gasteiger partial charge < -0.3 is 29.0 Å². The molecule has 1 unspecified atom stereocenters. The lowest BCUT2D eigenvalue weighted by atomic mass is 9.95. The minimum Gasteiger partial charge on any atom is -0.384 e. The highest BCUT2D eigenvalue weighted by molar-refractivity contribution is 6.01. The van der Waals surface area contributed by atoms with Crippen LogP contribution in [0.4, 0.5) is 22.0 Å². The molecule has 2 aromatic rings. The van der Waals surface area contributed by atoms with Crippen LogP contribution in [-0.2, 0) is 14.3 Å². The highest BCUT2D eigenvalue weighted by atomic mass is 16.5. The molecule has 0 bridgehead atoms. The molecule has 1 aromatic carbocycles. The van der Waals surface area contributed by atoms with Gasteiger partial charge in [0.2, 0.25) is 0 Å². The summed E-state index contributed by atoms with van der Waals surface area (Å²) in [5, 5.41) is 9.56. The number of nitrogens with one attached hydrogen (secondary N) is 2. The Morgan fingerprint density at radius 2 is 2.03 bits per heavy atom. The van der Waals surface area contributed by atoms with Crippen LogP contribution in [0.1, 0.15) is 50.4 Å². The molecule has 34 heavy (non-hydrogen) atoms. The first-order valence-electron chi connectivity index (χ1n) is 11.8. The number of carbonyl (C=O) groups is 2. The van der Waals surface area contributed by atoms with E-state index in [1.54, 1.807) is 20.1 Å². The highest BCUT2D eigenvalue weighted by Crippen LogP contribution is 2.34. The van der Waals surface area contributed by atoms with Crippen LogP contribution >= 0.6 is 0 Å². The molecule has 9 nitrogen and oxygen atoms in total. The van der Waals surface area contributed by atoms with Crippen molar-refractivity contribution >= 4 is 29.5 Å². The predicted octanol–water partition coefficient (Wildman–Crippen LogP) is 4.59. The first-order valence-corrected chi connectivity index (χ1v) is 11.8. The van der Waals surface area contributed by atoms with E-state index >= 15 is 0 Å². The maximum atomic E-state index is 12.9. The van der Waals surface area contributed by atoms with Crippen LogP contribution in [-0.4, -0.2) is 57.0 Å². The second kappa shape index (κ2) is 12.5. The summed E-state index contributed by atoms with van der Waals surface area (Å²) in [5.74, 6) is 1.28. The lowest BCUT2D eigenvalue weighted by Gasteiger charge is -2.38. The zero-order valence-corrected chi connectivity index (χ0v) is 20.5. The molecule has 0 saturated carbocycles. The van der Waals surface area contributed by atoms with Gasteiger partial charge in [0.1, 0.15) is 12.0 Å². The Labute approximate surface area is 201 Å². The van der Waals surface area contributed by atoms with Crippen molar-refractivity contribution in [3.05, 3.63) is 35.6 Å². The minimum absolute atomic E-state index is 0.0972. The zero-order chi connectivity index (χ0) is 24.5. The molecule has 0 aliphatic carbocycles. The van der Waals surface area contributed by atoms with Crippen molar-refractivity contribution in [2.24, 2.45) is 5.92 Å². The first-order chi connectivity index (χ1) is 16.4. The molecule has 2 amide bonds. The maximum absolute atomic E-state index is 12.9. The van der Waals surface area contributed by atoms with Gasteiger partial charge in [-0.05, 0) is 43.4 Å². The maximum Gasteiger partial charge on any atom is 0.325 e. The molecule has 0 spiro atoms. The number of benzene rings is 1. The quantitative estimate of drug-likeness (QED) is 0.461. The van der Waals surface area contributed by atoms with Crippen molar-refractivity contribution < 1.29 is 23.6 Å². The number of ether oxygens (including phenoxy) is 2. The van der Waals surface area contributed by atoms with Gasteiger partial charge in [-0.25, -0.2) is 4.79 Å². The summed E-state index contributed by atoms with van der Waals surface area (Å²) < 4.78 is 16.0. The Bertz CT molecular complexity index is 939. The van der Waals surface area contributed by atoms with Gasteiger partial charge in [-0.15, -0.1) is 0 Å². The molecule has 1 aromatic heterocycles. The van der Waals surface area contributed by atoms with Crippen molar-refractivity contribution in [2.45, 2.75) is 52.0 Å². The number of aromatic nitrogens is 1. The van der Waals surface area contributed by atoms with Crippen molar-refractivity contribution in [1.29, 1.82) is 0 Å². The third-order valence-electron chi connectivity index (χ3n) is 5.86. The topological polar surface area (TPSA) is 106 Å². The zero-order valence-electron chi connectivity index (χ0n) is 20.5. The van der Waals surface area contributed by atoms with E-state index in [-0.39, 0.29) is 5.92 Å². The van der Waals surface area contributed by atoms with E-state index in [2.05, 4.69) is 34.5 Å². The van der Waals surface area contributed by atoms with Gasteiger partial charge >= 0.3 is 6.03 Å². The molecule has 1 aliphatic rings. The third-order valence-corrected chi connectivity index (χ3v) is 5.86. The van der Waals surface area contributed by atoms with Gasteiger partial charge in [-0.3, -0.25) is 5.32 Å². The summed E-state index contributed by atoms with van der Waals surface area (Å²) in [4.78, 5) is 26.5. The second-order valence-corrected chi connectivity index (χ2v) is 9.12. The molecule has 2 N–H and O–H groups in total. The van der Waals surface area contributed by atoms with Gasteiger partial charge in [-0.1, -0.05) is 25.1 Å². The van der Waals surface area contributed by atoms with E-state index in [0.29, 0.717) is 42.3 Å². The smallest absolute Gasteiger partial charge is 0.325 e.